The zero-order chi connectivity index (χ0) is 21.8. The van der Waals surface area contributed by atoms with Crippen molar-refractivity contribution in [3.05, 3.63) is 68.5 Å². The van der Waals surface area contributed by atoms with E-state index >= 15 is 0 Å². The Balaban J connectivity index is 2.04. The number of nitrogens with zero attached hydrogens (tertiary/aromatic N) is 4. The molecule has 0 bridgehead atoms. The largest absolute Gasteiger partial charge is 0.493 e. The number of aromatic nitrogens is 3. The molecule has 10 heteroatoms. The Labute approximate surface area is 183 Å². The van der Waals surface area contributed by atoms with Gasteiger partial charge < -0.3 is 9.47 Å². The van der Waals surface area contributed by atoms with Crippen LogP contribution in [0.4, 0.5) is 0 Å². The van der Waals surface area contributed by atoms with Crippen molar-refractivity contribution in [3.8, 4) is 17.2 Å². The van der Waals surface area contributed by atoms with Crippen LogP contribution in [-0.2, 0) is 0 Å². The molecular weight excluding hydrogens is 428 g/mol. The van der Waals surface area contributed by atoms with Gasteiger partial charge in [-0.05, 0) is 37.6 Å². The lowest BCUT2D eigenvalue weighted by atomic mass is 10.1. The molecule has 0 aliphatic carbocycles. The summed E-state index contributed by atoms with van der Waals surface area (Å²) in [5.74, 6) is 1.58. The third-order valence-electron chi connectivity index (χ3n) is 4.50. The fourth-order valence-corrected chi connectivity index (χ4v) is 4.54. The summed E-state index contributed by atoms with van der Waals surface area (Å²) in [7, 11) is 3.01. The van der Waals surface area contributed by atoms with Crippen molar-refractivity contribution in [2.45, 2.75) is 24.3 Å². The van der Waals surface area contributed by atoms with Crippen molar-refractivity contribution >= 4 is 23.4 Å². The van der Waals surface area contributed by atoms with E-state index in [1.807, 2.05) is 42.7 Å². The van der Waals surface area contributed by atoms with Gasteiger partial charge in [-0.25, -0.2) is 0 Å². The van der Waals surface area contributed by atoms with Gasteiger partial charge in [0.05, 0.1) is 14.2 Å². The number of benzene rings is 2. The molecule has 0 saturated heterocycles. The Bertz CT molecular complexity index is 1060. The zero-order valence-corrected chi connectivity index (χ0v) is 18.5. The molecule has 0 spiro atoms. The first kappa shape index (κ1) is 21.9. The van der Waals surface area contributed by atoms with Crippen molar-refractivity contribution in [2.24, 2.45) is 0 Å². The number of nitro groups is 1. The summed E-state index contributed by atoms with van der Waals surface area (Å²) < 4.78 is 12.5. The number of methoxy groups -OCH3 is 2. The average molecular weight is 449 g/mol. The highest BCUT2D eigenvalue weighted by Crippen LogP contribution is 2.43. The normalized spacial score (nSPS) is 11.9. The van der Waals surface area contributed by atoms with Crippen molar-refractivity contribution < 1.29 is 14.4 Å². The molecule has 0 N–H and O–H groups in total. The number of halogens is 1. The molecule has 1 atom stereocenters. The molecule has 2 aromatic carbocycles. The predicted molar refractivity (Wildman–Crippen MR) is 116 cm³/mol. The minimum Gasteiger partial charge on any atom is -0.493 e. The van der Waals surface area contributed by atoms with Gasteiger partial charge in [-0.2, -0.15) is 0 Å². The van der Waals surface area contributed by atoms with E-state index in [4.69, 9.17) is 21.1 Å². The quantitative estimate of drug-likeness (QED) is 0.281. The van der Waals surface area contributed by atoms with Crippen LogP contribution in [0.5, 0.6) is 11.5 Å². The summed E-state index contributed by atoms with van der Waals surface area (Å²) >= 11 is 7.68. The molecule has 0 unspecified atom stereocenters. The highest BCUT2D eigenvalue weighted by molar-refractivity contribution is 7.99. The van der Waals surface area contributed by atoms with Gasteiger partial charge in [0.25, 0.3) is 0 Å². The van der Waals surface area contributed by atoms with Crippen LogP contribution in [0, 0.1) is 24.0 Å². The van der Waals surface area contributed by atoms with E-state index in [2.05, 4.69) is 10.2 Å². The standard InChI is InChI=1S/C20H21ClN4O4S/c1-12-5-7-14(8-6-12)25-13(2)22-23-20(25)30-19(11-24(26)27)15-9-17(28-3)18(29-4)10-16(15)21/h5-10,19H,11H2,1-4H3/t19-/m1/s1. The van der Waals surface area contributed by atoms with Gasteiger partial charge in [0.2, 0.25) is 6.54 Å². The first-order valence-corrected chi connectivity index (χ1v) is 10.3. The van der Waals surface area contributed by atoms with Gasteiger partial charge in [0.1, 0.15) is 11.1 Å². The number of hydrogen-bond donors (Lipinski definition) is 0. The van der Waals surface area contributed by atoms with Crippen LogP contribution < -0.4 is 9.47 Å². The van der Waals surface area contributed by atoms with Crippen molar-refractivity contribution in [2.75, 3.05) is 20.8 Å². The maximum Gasteiger partial charge on any atom is 0.220 e. The summed E-state index contributed by atoms with van der Waals surface area (Å²) in [6.45, 7) is 3.49. The monoisotopic (exact) mass is 448 g/mol. The number of aryl methyl sites for hydroxylation is 2. The minimum atomic E-state index is -0.611. The topological polar surface area (TPSA) is 92.3 Å². The lowest BCUT2D eigenvalue weighted by molar-refractivity contribution is -0.479. The molecule has 3 aromatic rings. The summed E-state index contributed by atoms with van der Waals surface area (Å²) in [5.41, 5.74) is 2.57. The minimum absolute atomic E-state index is 0.348. The van der Waals surface area contributed by atoms with Crippen molar-refractivity contribution in [3.63, 3.8) is 0 Å². The van der Waals surface area contributed by atoms with E-state index in [9.17, 15) is 10.1 Å². The number of ether oxygens (including phenoxy) is 2. The Morgan fingerprint density at radius 3 is 2.37 bits per heavy atom. The van der Waals surface area contributed by atoms with E-state index < -0.39 is 5.25 Å². The van der Waals surface area contributed by atoms with Crippen molar-refractivity contribution in [1.82, 2.24) is 14.8 Å². The molecule has 0 aliphatic rings. The van der Waals surface area contributed by atoms with Gasteiger partial charge in [-0.15, -0.1) is 10.2 Å². The highest BCUT2D eigenvalue weighted by atomic mass is 35.5. The van der Waals surface area contributed by atoms with Crippen LogP contribution >= 0.6 is 23.4 Å². The zero-order valence-electron chi connectivity index (χ0n) is 17.0. The summed E-state index contributed by atoms with van der Waals surface area (Å²) in [4.78, 5) is 11.0. The molecule has 0 saturated carbocycles. The summed E-state index contributed by atoms with van der Waals surface area (Å²) in [6.07, 6.45) is 0. The molecule has 30 heavy (non-hydrogen) atoms. The van der Waals surface area contributed by atoms with Crippen LogP contribution in [0.15, 0.2) is 41.6 Å². The fourth-order valence-electron chi connectivity index (χ4n) is 2.99. The smallest absolute Gasteiger partial charge is 0.220 e. The van der Waals surface area contributed by atoms with Gasteiger partial charge >= 0.3 is 0 Å². The first-order chi connectivity index (χ1) is 14.3. The maximum absolute atomic E-state index is 11.4. The Morgan fingerprint density at radius 2 is 1.77 bits per heavy atom. The summed E-state index contributed by atoms with van der Waals surface area (Å²) in [6, 6.07) is 11.2. The predicted octanol–water partition coefficient (Wildman–Crippen LogP) is 4.66. The Morgan fingerprint density at radius 1 is 1.13 bits per heavy atom. The molecule has 0 radical (unpaired) electrons. The number of hydrogen-bond acceptors (Lipinski definition) is 7. The first-order valence-electron chi connectivity index (χ1n) is 9.03. The third kappa shape index (κ3) is 4.68. The van der Waals surface area contributed by atoms with Gasteiger partial charge in [0.15, 0.2) is 16.7 Å². The van der Waals surface area contributed by atoms with E-state index in [-0.39, 0.29) is 11.5 Å². The molecule has 1 heterocycles. The van der Waals surface area contributed by atoms with E-state index in [1.54, 1.807) is 12.1 Å². The Hall–Kier alpha value is -2.78. The van der Waals surface area contributed by atoms with E-state index in [1.165, 1.54) is 26.0 Å². The summed E-state index contributed by atoms with van der Waals surface area (Å²) in [5, 5.41) is 20.1. The maximum atomic E-state index is 11.4. The fraction of sp³-hybridized carbons (Fsp3) is 0.300. The molecule has 0 aliphatic heterocycles. The van der Waals surface area contributed by atoms with Gasteiger partial charge in [-0.1, -0.05) is 41.1 Å². The van der Waals surface area contributed by atoms with Crippen LogP contribution in [0.1, 0.15) is 22.2 Å². The van der Waals surface area contributed by atoms with Crippen LogP contribution in [0.25, 0.3) is 5.69 Å². The highest BCUT2D eigenvalue weighted by Gasteiger charge is 2.27. The van der Waals surface area contributed by atoms with E-state index in [0.29, 0.717) is 33.1 Å². The number of thioether (sulfide) groups is 1. The van der Waals surface area contributed by atoms with Crippen LogP contribution in [0.3, 0.4) is 0 Å². The molecule has 3 rings (SSSR count). The van der Waals surface area contributed by atoms with E-state index in [0.717, 1.165) is 11.3 Å². The molecule has 1 aromatic heterocycles. The molecule has 158 valence electrons. The number of rotatable bonds is 8. The second-order valence-corrected chi connectivity index (χ2v) is 8.13. The van der Waals surface area contributed by atoms with Gasteiger partial charge in [-0.3, -0.25) is 14.7 Å². The van der Waals surface area contributed by atoms with Crippen molar-refractivity contribution in [1.29, 1.82) is 0 Å². The average Bonchev–Trinajstić information content (AvgIpc) is 3.07. The molecule has 0 fully saturated rings. The molecular formula is C20H21ClN4O4S. The van der Waals surface area contributed by atoms with Gasteiger partial charge in [0, 0.05) is 21.7 Å². The second-order valence-electron chi connectivity index (χ2n) is 6.55. The van der Waals surface area contributed by atoms with Crippen LogP contribution in [0.2, 0.25) is 5.02 Å². The lowest BCUT2D eigenvalue weighted by Gasteiger charge is -2.17. The second kappa shape index (κ2) is 9.36. The molecule has 0 amide bonds. The Kier molecular flexibility index (Phi) is 6.84. The lowest BCUT2D eigenvalue weighted by Crippen LogP contribution is -2.12. The SMILES string of the molecule is COc1cc(Cl)c([C@@H](C[N+](=O)[O-])Sc2nnc(C)n2-c2ccc(C)cc2)cc1OC. The van der Waals surface area contributed by atoms with Crippen LogP contribution in [-0.4, -0.2) is 40.5 Å². The molecule has 8 nitrogen and oxygen atoms in total. The third-order valence-corrected chi connectivity index (χ3v) is 5.99.